The van der Waals surface area contributed by atoms with Gasteiger partial charge >= 0.3 is 5.97 Å². The Morgan fingerprint density at radius 2 is 1.52 bits per heavy atom. The van der Waals surface area contributed by atoms with Gasteiger partial charge in [0, 0.05) is 5.56 Å². The zero-order valence-electron chi connectivity index (χ0n) is 21.2. The van der Waals surface area contributed by atoms with Crippen LogP contribution in [0.25, 0.3) is 0 Å². The molecule has 0 aliphatic heterocycles. The minimum atomic E-state index is -0.188. The van der Waals surface area contributed by atoms with Crippen LogP contribution in [0.2, 0.25) is 0 Å². The molecule has 33 heavy (non-hydrogen) atoms. The standard InChI is InChI=1S/C29H44NO3/c1-5-7-8-9-10-12-15-25-18-20-28(21-19-25)33-27(6-2)24-32-29(31)23-30(3,4)22-26-16-13-11-14-17-26/h11,13-14,16-21,27H,5-10,12,15,22-24H2,1-4H3/q+1. The van der Waals surface area contributed by atoms with Crippen molar-refractivity contribution in [2.24, 2.45) is 0 Å². The van der Waals surface area contributed by atoms with E-state index in [-0.39, 0.29) is 18.7 Å². The van der Waals surface area contributed by atoms with Gasteiger partial charge in [-0.1, -0.05) is 88.4 Å². The zero-order valence-corrected chi connectivity index (χ0v) is 21.2. The lowest BCUT2D eigenvalue weighted by Gasteiger charge is -2.29. The minimum absolute atomic E-state index is 0.136. The summed E-state index contributed by atoms with van der Waals surface area (Å²) in [4.78, 5) is 12.5. The van der Waals surface area contributed by atoms with Crippen LogP contribution in [0, 0.1) is 0 Å². The zero-order chi connectivity index (χ0) is 23.9. The molecular formula is C29H44NO3+. The second-order valence-corrected chi connectivity index (χ2v) is 9.73. The summed E-state index contributed by atoms with van der Waals surface area (Å²) >= 11 is 0. The summed E-state index contributed by atoms with van der Waals surface area (Å²) < 4.78 is 12.2. The Hall–Kier alpha value is -2.33. The monoisotopic (exact) mass is 454 g/mol. The number of carbonyl (C=O) groups is 1. The van der Waals surface area contributed by atoms with Crippen molar-refractivity contribution in [3.63, 3.8) is 0 Å². The molecule has 0 heterocycles. The fraction of sp³-hybridized carbons (Fsp3) is 0.552. The van der Waals surface area contributed by atoms with E-state index in [0.29, 0.717) is 11.0 Å². The van der Waals surface area contributed by atoms with Gasteiger partial charge in [0.25, 0.3) is 0 Å². The summed E-state index contributed by atoms with van der Waals surface area (Å²) in [5.74, 6) is 0.650. The highest BCUT2D eigenvalue weighted by Crippen LogP contribution is 2.17. The number of hydrogen-bond donors (Lipinski definition) is 0. The molecule has 0 saturated carbocycles. The number of ether oxygens (including phenoxy) is 2. The fourth-order valence-corrected chi connectivity index (χ4v) is 3.99. The molecule has 0 N–H and O–H groups in total. The van der Waals surface area contributed by atoms with E-state index in [9.17, 15) is 4.79 Å². The van der Waals surface area contributed by atoms with Gasteiger partial charge in [-0.25, -0.2) is 4.79 Å². The Morgan fingerprint density at radius 3 is 2.18 bits per heavy atom. The topological polar surface area (TPSA) is 35.5 Å². The van der Waals surface area contributed by atoms with Gasteiger partial charge in [0.1, 0.15) is 25.0 Å². The normalized spacial score (nSPS) is 12.4. The average Bonchev–Trinajstić information content (AvgIpc) is 2.80. The molecule has 0 bridgehead atoms. The molecule has 0 saturated heterocycles. The van der Waals surface area contributed by atoms with Crippen LogP contribution in [0.5, 0.6) is 5.75 Å². The average molecular weight is 455 g/mol. The number of rotatable bonds is 16. The van der Waals surface area contributed by atoms with Crippen molar-refractivity contribution in [1.29, 1.82) is 0 Å². The first-order valence-corrected chi connectivity index (χ1v) is 12.7. The molecule has 0 aromatic heterocycles. The molecule has 0 aliphatic carbocycles. The van der Waals surface area contributed by atoms with E-state index in [1.54, 1.807) is 0 Å². The first kappa shape index (κ1) is 26.9. The number of aryl methyl sites for hydroxylation is 1. The number of esters is 1. The Morgan fingerprint density at radius 1 is 0.848 bits per heavy atom. The highest BCUT2D eigenvalue weighted by molar-refractivity contribution is 5.70. The molecule has 2 aromatic rings. The molecule has 0 radical (unpaired) electrons. The van der Waals surface area contributed by atoms with Gasteiger partial charge in [-0.05, 0) is 37.0 Å². The van der Waals surface area contributed by atoms with Gasteiger partial charge in [-0.3, -0.25) is 0 Å². The van der Waals surface area contributed by atoms with Gasteiger partial charge in [-0.15, -0.1) is 0 Å². The van der Waals surface area contributed by atoms with Crippen molar-refractivity contribution in [1.82, 2.24) is 0 Å². The predicted octanol–water partition coefficient (Wildman–Crippen LogP) is 6.57. The third-order valence-corrected chi connectivity index (χ3v) is 5.94. The van der Waals surface area contributed by atoms with Crippen molar-refractivity contribution in [2.45, 2.75) is 77.9 Å². The molecule has 0 aliphatic rings. The Labute approximate surface area is 201 Å². The maximum atomic E-state index is 12.5. The van der Waals surface area contributed by atoms with E-state index in [1.165, 1.54) is 49.7 Å². The van der Waals surface area contributed by atoms with E-state index < -0.39 is 0 Å². The second kappa shape index (κ2) is 14.7. The Bertz CT molecular complexity index is 786. The lowest BCUT2D eigenvalue weighted by molar-refractivity contribution is -0.896. The number of carbonyl (C=O) groups excluding carboxylic acids is 1. The molecule has 2 aromatic carbocycles. The lowest BCUT2D eigenvalue weighted by atomic mass is 10.0. The van der Waals surface area contributed by atoms with Crippen LogP contribution < -0.4 is 4.74 Å². The number of benzene rings is 2. The highest BCUT2D eigenvalue weighted by atomic mass is 16.6. The molecule has 182 valence electrons. The van der Waals surface area contributed by atoms with E-state index >= 15 is 0 Å². The lowest BCUT2D eigenvalue weighted by Crippen LogP contribution is -2.44. The predicted molar refractivity (Wildman–Crippen MR) is 136 cm³/mol. The van der Waals surface area contributed by atoms with Crippen molar-refractivity contribution in [2.75, 3.05) is 27.2 Å². The summed E-state index contributed by atoms with van der Waals surface area (Å²) in [5.41, 5.74) is 2.57. The maximum Gasteiger partial charge on any atom is 0.361 e. The number of quaternary nitrogens is 1. The van der Waals surface area contributed by atoms with E-state index in [1.807, 2.05) is 30.3 Å². The summed E-state index contributed by atoms with van der Waals surface area (Å²) in [7, 11) is 4.10. The van der Waals surface area contributed by atoms with Crippen molar-refractivity contribution < 1.29 is 18.8 Å². The van der Waals surface area contributed by atoms with Gasteiger partial charge in [0.15, 0.2) is 6.54 Å². The molecule has 0 spiro atoms. The maximum absolute atomic E-state index is 12.5. The number of unbranched alkanes of at least 4 members (excludes halogenated alkanes) is 5. The van der Waals surface area contributed by atoms with Crippen LogP contribution >= 0.6 is 0 Å². The summed E-state index contributed by atoms with van der Waals surface area (Å²) in [6.07, 6.45) is 9.68. The van der Waals surface area contributed by atoms with Crippen LogP contribution in [0.3, 0.4) is 0 Å². The number of likely N-dealkylation sites (N-methyl/N-ethyl adjacent to an activating group) is 1. The first-order chi connectivity index (χ1) is 15.9. The summed E-state index contributed by atoms with van der Waals surface area (Å²) in [6.45, 7) is 5.71. The van der Waals surface area contributed by atoms with Crippen LogP contribution in [0.1, 0.15) is 69.9 Å². The second-order valence-electron chi connectivity index (χ2n) is 9.73. The van der Waals surface area contributed by atoms with Gasteiger partial charge in [0.2, 0.25) is 0 Å². The van der Waals surface area contributed by atoms with Gasteiger partial charge in [-0.2, -0.15) is 0 Å². The molecule has 4 nitrogen and oxygen atoms in total. The summed E-state index contributed by atoms with van der Waals surface area (Å²) in [6, 6.07) is 18.6. The van der Waals surface area contributed by atoms with Gasteiger partial charge < -0.3 is 14.0 Å². The first-order valence-electron chi connectivity index (χ1n) is 12.7. The van der Waals surface area contributed by atoms with Crippen LogP contribution in [0.4, 0.5) is 0 Å². The van der Waals surface area contributed by atoms with Crippen LogP contribution in [0.15, 0.2) is 54.6 Å². The smallest absolute Gasteiger partial charge is 0.361 e. The number of nitrogens with zero attached hydrogens (tertiary/aromatic N) is 1. The molecule has 2 rings (SSSR count). The quantitative estimate of drug-likeness (QED) is 0.163. The van der Waals surface area contributed by atoms with E-state index in [2.05, 4.69) is 52.2 Å². The van der Waals surface area contributed by atoms with Crippen LogP contribution in [-0.2, 0) is 22.5 Å². The third-order valence-electron chi connectivity index (χ3n) is 5.94. The van der Waals surface area contributed by atoms with E-state index in [4.69, 9.17) is 9.47 Å². The third kappa shape index (κ3) is 11.4. The molecule has 0 fully saturated rings. The largest absolute Gasteiger partial charge is 0.487 e. The van der Waals surface area contributed by atoms with E-state index in [0.717, 1.165) is 25.1 Å². The highest BCUT2D eigenvalue weighted by Gasteiger charge is 2.23. The van der Waals surface area contributed by atoms with Crippen molar-refractivity contribution >= 4 is 5.97 Å². The Balaban J connectivity index is 1.71. The molecule has 1 unspecified atom stereocenters. The van der Waals surface area contributed by atoms with Crippen LogP contribution in [-0.4, -0.2) is 43.8 Å². The summed E-state index contributed by atoms with van der Waals surface area (Å²) in [5, 5.41) is 0. The van der Waals surface area contributed by atoms with Gasteiger partial charge in [0.05, 0.1) is 14.1 Å². The SMILES string of the molecule is CCCCCCCCc1ccc(OC(CC)COC(=O)C[N+](C)(C)Cc2ccccc2)cc1. The van der Waals surface area contributed by atoms with Crippen molar-refractivity contribution in [3.05, 3.63) is 65.7 Å². The fourth-order valence-electron chi connectivity index (χ4n) is 3.99. The molecule has 4 heteroatoms. The Kier molecular flexibility index (Phi) is 12.0. The number of hydrogen-bond acceptors (Lipinski definition) is 3. The minimum Gasteiger partial charge on any atom is -0.487 e. The van der Waals surface area contributed by atoms with Crippen molar-refractivity contribution in [3.8, 4) is 5.75 Å². The molecule has 0 amide bonds. The molecule has 1 atom stereocenters. The molecular weight excluding hydrogens is 410 g/mol.